The number of ether oxygens (including phenoxy) is 1. The molecule has 0 radical (unpaired) electrons. The monoisotopic (exact) mass is 409 g/mol. The van der Waals surface area contributed by atoms with Crippen molar-refractivity contribution in [2.45, 2.75) is 6.04 Å². The number of hydrogen-bond donors (Lipinski definition) is 1. The van der Waals surface area contributed by atoms with Gasteiger partial charge in [-0.2, -0.15) is 0 Å². The summed E-state index contributed by atoms with van der Waals surface area (Å²) in [7, 11) is 0. The molecule has 0 spiro atoms. The third kappa shape index (κ3) is 4.64. The molecule has 1 atom stereocenters. The van der Waals surface area contributed by atoms with Crippen molar-refractivity contribution in [1.29, 1.82) is 0 Å². The first-order valence-electron chi connectivity index (χ1n) is 8.73. The van der Waals surface area contributed by atoms with Crippen LogP contribution in [0.2, 0.25) is 0 Å². The summed E-state index contributed by atoms with van der Waals surface area (Å²) in [5, 5.41) is 15.9. The first-order valence-corrected chi connectivity index (χ1v) is 9.61. The molecule has 4 aromatic rings. The van der Waals surface area contributed by atoms with Crippen LogP contribution in [0.3, 0.4) is 0 Å². The van der Waals surface area contributed by atoms with Gasteiger partial charge in [-0.05, 0) is 51.7 Å². The molecule has 29 heavy (non-hydrogen) atoms. The standard InChI is InChI=1S/C20H16FN5O2S/c21-15-8-6-14(7-9-15)20(18-5-2-10-29-18)23-19(27)12-28-17-4-1-3-16(11-17)26-13-22-24-25-26/h1-11,13,20H,12H2,(H,23,27)/t20-/m1/s1. The van der Waals surface area contributed by atoms with Gasteiger partial charge < -0.3 is 10.1 Å². The van der Waals surface area contributed by atoms with Crippen molar-refractivity contribution in [3.05, 3.63) is 88.6 Å². The molecule has 7 nitrogen and oxygen atoms in total. The number of aromatic nitrogens is 4. The third-order valence-electron chi connectivity index (χ3n) is 4.14. The lowest BCUT2D eigenvalue weighted by Crippen LogP contribution is -2.32. The normalized spacial score (nSPS) is 11.8. The fourth-order valence-electron chi connectivity index (χ4n) is 2.78. The lowest BCUT2D eigenvalue weighted by atomic mass is 10.1. The van der Waals surface area contributed by atoms with E-state index in [1.165, 1.54) is 34.5 Å². The van der Waals surface area contributed by atoms with Gasteiger partial charge in [0.2, 0.25) is 0 Å². The van der Waals surface area contributed by atoms with E-state index in [1.54, 1.807) is 30.3 Å². The first kappa shape index (κ1) is 18.8. The summed E-state index contributed by atoms with van der Waals surface area (Å²) >= 11 is 1.52. The van der Waals surface area contributed by atoms with Crippen molar-refractivity contribution < 1.29 is 13.9 Å². The van der Waals surface area contributed by atoms with E-state index in [4.69, 9.17) is 4.74 Å². The maximum atomic E-state index is 13.3. The number of benzene rings is 2. The minimum Gasteiger partial charge on any atom is -0.484 e. The Morgan fingerprint density at radius 3 is 2.76 bits per heavy atom. The summed E-state index contributed by atoms with van der Waals surface area (Å²) < 4.78 is 20.4. The molecule has 146 valence electrons. The molecule has 1 amide bonds. The Morgan fingerprint density at radius 2 is 2.03 bits per heavy atom. The van der Waals surface area contributed by atoms with Gasteiger partial charge in [0.15, 0.2) is 6.61 Å². The van der Waals surface area contributed by atoms with Crippen LogP contribution >= 0.6 is 11.3 Å². The zero-order chi connectivity index (χ0) is 20.1. The molecule has 1 N–H and O–H groups in total. The number of thiophene rings is 1. The van der Waals surface area contributed by atoms with Gasteiger partial charge >= 0.3 is 0 Å². The van der Waals surface area contributed by atoms with E-state index in [0.717, 1.165) is 16.1 Å². The van der Waals surface area contributed by atoms with Crippen LogP contribution in [0.1, 0.15) is 16.5 Å². The highest BCUT2D eigenvalue weighted by molar-refractivity contribution is 7.10. The predicted molar refractivity (Wildman–Crippen MR) is 105 cm³/mol. The van der Waals surface area contributed by atoms with Crippen LogP contribution in [0.5, 0.6) is 5.75 Å². The van der Waals surface area contributed by atoms with Crippen LogP contribution in [0.25, 0.3) is 5.69 Å². The Kier molecular flexibility index (Phi) is 5.57. The molecule has 0 aliphatic carbocycles. The van der Waals surface area contributed by atoms with Gasteiger partial charge in [0.25, 0.3) is 5.91 Å². The summed E-state index contributed by atoms with van der Waals surface area (Å²) in [6.45, 7) is -0.165. The summed E-state index contributed by atoms with van der Waals surface area (Å²) in [5.41, 5.74) is 1.51. The van der Waals surface area contributed by atoms with E-state index in [9.17, 15) is 9.18 Å². The molecule has 2 aromatic heterocycles. The van der Waals surface area contributed by atoms with Crippen molar-refractivity contribution in [3.8, 4) is 11.4 Å². The number of amides is 1. The molecular weight excluding hydrogens is 393 g/mol. The topological polar surface area (TPSA) is 81.9 Å². The van der Waals surface area contributed by atoms with E-state index in [-0.39, 0.29) is 24.4 Å². The van der Waals surface area contributed by atoms with Gasteiger partial charge in [-0.25, -0.2) is 9.07 Å². The zero-order valence-corrected chi connectivity index (χ0v) is 15.9. The van der Waals surface area contributed by atoms with Gasteiger partial charge in [-0.15, -0.1) is 16.4 Å². The van der Waals surface area contributed by atoms with Gasteiger partial charge in [-0.1, -0.05) is 24.3 Å². The van der Waals surface area contributed by atoms with Crippen molar-refractivity contribution in [2.75, 3.05) is 6.61 Å². The smallest absolute Gasteiger partial charge is 0.258 e. The Balaban J connectivity index is 1.44. The van der Waals surface area contributed by atoms with Gasteiger partial charge in [0.1, 0.15) is 17.9 Å². The summed E-state index contributed by atoms with van der Waals surface area (Å²) in [5.74, 6) is -0.0982. The minimum atomic E-state index is -0.376. The fraction of sp³-hybridized carbons (Fsp3) is 0.100. The number of hydrogen-bond acceptors (Lipinski definition) is 6. The van der Waals surface area contributed by atoms with Crippen molar-refractivity contribution in [3.63, 3.8) is 0 Å². The Hall–Kier alpha value is -3.59. The number of nitrogens with zero attached hydrogens (tertiary/aromatic N) is 4. The molecule has 2 heterocycles. The molecule has 0 aliphatic rings. The van der Waals surface area contributed by atoms with E-state index in [0.29, 0.717) is 5.75 Å². The maximum absolute atomic E-state index is 13.3. The lowest BCUT2D eigenvalue weighted by Gasteiger charge is -2.18. The molecule has 0 unspecified atom stereocenters. The van der Waals surface area contributed by atoms with Crippen LogP contribution < -0.4 is 10.1 Å². The van der Waals surface area contributed by atoms with E-state index in [1.807, 2.05) is 23.6 Å². The molecule has 0 saturated heterocycles. The number of halogens is 1. The second kappa shape index (κ2) is 8.61. The molecular formula is C20H16FN5O2S. The number of nitrogens with one attached hydrogen (secondary N) is 1. The molecule has 0 saturated carbocycles. The Labute approximate surface area is 169 Å². The van der Waals surface area contributed by atoms with Gasteiger partial charge in [-0.3, -0.25) is 4.79 Å². The van der Waals surface area contributed by atoms with E-state index in [2.05, 4.69) is 20.8 Å². The van der Waals surface area contributed by atoms with Crippen LogP contribution in [0.15, 0.2) is 72.4 Å². The highest BCUT2D eigenvalue weighted by atomic mass is 32.1. The van der Waals surface area contributed by atoms with Crippen molar-refractivity contribution in [2.24, 2.45) is 0 Å². The van der Waals surface area contributed by atoms with Gasteiger partial charge in [0.05, 0.1) is 11.7 Å². The second-order valence-electron chi connectivity index (χ2n) is 6.11. The van der Waals surface area contributed by atoms with E-state index >= 15 is 0 Å². The average Bonchev–Trinajstić information content (AvgIpc) is 3.46. The minimum absolute atomic E-state index is 0.165. The Bertz CT molecular complexity index is 1070. The highest BCUT2D eigenvalue weighted by Crippen LogP contribution is 2.26. The number of carbonyl (C=O) groups is 1. The predicted octanol–water partition coefficient (Wildman–Crippen LogP) is 3.15. The molecule has 0 bridgehead atoms. The summed E-state index contributed by atoms with van der Waals surface area (Å²) in [6.07, 6.45) is 1.47. The third-order valence-corrected chi connectivity index (χ3v) is 5.07. The quantitative estimate of drug-likeness (QED) is 0.507. The molecule has 0 fully saturated rings. The average molecular weight is 409 g/mol. The maximum Gasteiger partial charge on any atom is 0.258 e. The molecule has 9 heteroatoms. The fourth-order valence-corrected chi connectivity index (χ4v) is 3.58. The number of rotatable bonds is 7. The lowest BCUT2D eigenvalue weighted by molar-refractivity contribution is -0.123. The first-order chi connectivity index (χ1) is 14.2. The largest absolute Gasteiger partial charge is 0.484 e. The van der Waals surface area contributed by atoms with Crippen molar-refractivity contribution >= 4 is 17.2 Å². The number of tetrazole rings is 1. The van der Waals surface area contributed by atoms with Crippen LogP contribution in [-0.4, -0.2) is 32.7 Å². The molecule has 0 aliphatic heterocycles. The van der Waals surface area contributed by atoms with E-state index < -0.39 is 0 Å². The molecule has 4 rings (SSSR count). The van der Waals surface area contributed by atoms with Gasteiger partial charge in [0, 0.05) is 10.9 Å². The molecule has 2 aromatic carbocycles. The van der Waals surface area contributed by atoms with Crippen LogP contribution in [0.4, 0.5) is 4.39 Å². The SMILES string of the molecule is O=C(COc1cccc(-n2cnnn2)c1)N[C@H](c1ccc(F)cc1)c1cccs1. The second-order valence-corrected chi connectivity index (χ2v) is 7.09. The number of carbonyl (C=O) groups excluding carboxylic acids is 1. The van der Waals surface area contributed by atoms with Crippen molar-refractivity contribution in [1.82, 2.24) is 25.5 Å². The zero-order valence-electron chi connectivity index (χ0n) is 15.1. The van der Waals surface area contributed by atoms with Crippen LogP contribution in [-0.2, 0) is 4.79 Å². The van der Waals surface area contributed by atoms with Crippen LogP contribution in [0, 0.1) is 5.82 Å². The summed E-state index contributed by atoms with van der Waals surface area (Å²) in [6, 6.07) is 16.6. The highest BCUT2D eigenvalue weighted by Gasteiger charge is 2.18. The Morgan fingerprint density at radius 1 is 1.17 bits per heavy atom. The summed E-state index contributed by atoms with van der Waals surface area (Å²) in [4.78, 5) is 13.5.